The normalized spacial score (nSPS) is 11.7. The molecule has 0 atom stereocenters. The molecule has 0 aliphatic rings. The maximum Gasteiger partial charge on any atom is -0.00960 e. The van der Waals surface area contributed by atoms with Crippen molar-refractivity contribution in [3.8, 4) is 0 Å². The third-order valence-corrected chi connectivity index (χ3v) is 5.31. The van der Waals surface area contributed by atoms with Crippen LogP contribution in [0, 0.1) is 34.6 Å². The average molecular weight is 298 g/mol. The number of hydrogen-bond donors (Lipinski definition) is 0. The molecule has 4 aromatic carbocycles. The summed E-state index contributed by atoms with van der Waals surface area (Å²) < 4.78 is 0. The largest absolute Gasteiger partial charge is 0.0587 e. The molecule has 0 fully saturated rings. The van der Waals surface area contributed by atoms with Gasteiger partial charge in [0.05, 0.1) is 0 Å². The van der Waals surface area contributed by atoms with Crippen LogP contribution >= 0.6 is 0 Å². The molecule has 0 N–H and O–H groups in total. The van der Waals surface area contributed by atoms with Crippen LogP contribution in [0.1, 0.15) is 27.8 Å². The van der Waals surface area contributed by atoms with Gasteiger partial charge < -0.3 is 0 Å². The van der Waals surface area contributed by atoms with Gasteiger partial charge in [-0.25, -0.2) is 0 Å². The fraction of sp³-hybridized carbons (Fsp3) is 0.217. The van der Waals surface area contributed by atoms with Crippen LogP contribution in [0.15, 0.2) is 42.5 Å². The van der Waals surface area contributed by atoms with E-state index in [4.69, 9.17) is 0 Å². The van der Waals surface area contributed by atoms with E-state index in [1.165, 1.54) is 60.1 Å². The molecule has 0 saturated carbocycles. The van der Waals surface area contributed by atoms with Crippen molar-refractivity contribution in [2.75, 3.05) is 0 Å². The molecule has 4 aromatic rings. The molecule has 0 amide bonds. The Labute approximate surface area is 137 Å². The second-order valence-corrected chi connectivity index (χ2v) is 7.01. The van der Waals surface area contributed by atoms with Crippen LogP contribution in [0.5, 0.6) is 0 Å². The van der Waals surface area contributed by atoms with Gasteiger partial charge in [-0.2, -0.15) is 0 Å². The van der Waals surface area contributed by atoms with E-state index in [-0.39, 0.29) is 0 Å². The van der Waals surface area contributed by atoms with Gasteiger partial charge in [-0.15, -0.1) is 0 Å². The zero-order chi connectivity index (χ0) is 16.3. The first-order chi connectivity index (χ1) is 11.0. The summed E-state index contributed by atoms with van der Waals surface area (Å²) in [5, 5.41) is 8.25. The van der Waals surface area contributed by atoms with E-state index in [1.54, 1.807) is 0 Å². The highest BCUT2D eigenvalue weighted by molar-refractivity contribution is 6.25. The van der Waals surface area contributed by atoms with Gasteiger partial charge in [-0.05, 0) is 89.2 Å². The summed E-state index contributed by atoms with van der Waals surface area (Å²) in [5.74, 6) is 0. The lowest BCUT2D eigenvalue weighted by Gasteiger charge is -2.15. The Balaban J connectivity index is 2.39. The molecule has 0 spiro atoms. The van der Waals surface area contributed by atoms with Crippen LogP contribution in [0.2, 0.25) is 0 Å². The smallest absolute Gasteiger partial charge is 0.00960 e. The average Bonchev–Trinajstić information content (AvgIpc) is 2.51. The Hall–Kier alpha value is -2.34. The summed E-state index contributed by atoms with van der Waals surface area (Å²) in [6, 6.07) is 16.3. The van der Waals surface area contributed by atoms with Crippen LogP contribution in [-0.4, -0.2) is 0 Å². The first-order valence-electron chi connectivity index (χ1n) is 8.30. The molecule has 0 aromatic heterocycles. The maximum absolute atomic E-state index is 2.36. The van der Waals surface area contributed by atoms with E-state index in [9.17, 15) is 0 Å². The maximum atomic E-state index is 2.36. The van der Waals surface area contributed by atoms with Crippen molar-refractivity contribution in [3.05, 3.63) is 70.3 Å². The van der Waals surface area contributed by atoms with Gasteiger partial charge in [-0.3, -0.25) is 0 Å². The van der Waals surface area contributed by atoms with E-state index in [0.29, 0.717) is 0 Å². The lowest BCUT2D eigenvalue weighted by molar-refractivity contribution is 1.36. The van der Waals surface area contributed by atoms with E-state index in [2.05, 4.69) is 77.1 Å². The third kappa shape index (κ3) is 2.05. The van der Waals surface area contributed by atoms with Crippen molar-refractivity contribution in [2.45, 2.75) is 34.6 Å². The van der Waals surface area contributed by atoms with E-state index >= 15 is 0 Å². The number of fused-ring (bicyclic) bond motifs is 6. The fourth-order valence-corrected chi connectivity index (χ4v) is 3.64. The lowest BCUT2D eigenvalue weighted by atomic mass is 9.89. The van der Waals surface area contributed by atoms with Crippen LogP contribution in [0.3, 0.4) is 0 Å². The van der Waals surface area contributed by atoms with Crippen molar-refractivity contribution in [3.63, 3.8) is 0 Å². The van der Waals surface area contributed by atoms with Crippen LogP contribution in [0.4, 0.5) is 0 Å². The number of benzene rings is 4. The minimum Gasteiger partial charge on any atom is -0.0587 e. The molecule has 0 unspecified atom stereocenters. The van der Waals surface area contributed by atoms with E-state index in [1.807, 2.05) is 0 Å². The Morgan fingerprint density at radius 1 is 0.391 bits per heavy atom. The first-order valence-corrected chi connectivity index (χ1v) is 8.30. The molecule has 0 bridgehead atoms. The lowest BCUT2D eigenvalue weighted by Crippen LogP contribution is -1.90. The van der Waals surface area contributed by atoms with Crippen molar-refractivity contribution in [1.82, 2.24) is 0 Å². The van der Waals surface area contributed by atoms with Crippen molar-refractivity contribution >= 4 is 32.3 Å². The molecule has 0 aliphatic heterocycles. The second kappa shape index (κ2) is 4.83. The topological polar surface area (TPSA) is 0 Å². The highest BCUT2D eigenvalue weighted by atomic mass is 14.1. The summed E-state index contributed by atoms with van der Waals surface area (Å²) in [6.45, 7) is 11.0. The van der Waals surface area contributed by atoms with Crippen LogP contribution < -0.4 is 0 Å². The van der Waals surface area contributed by atoms with Gasteiger partial charge in [0, 0.05) is 0 Å². The molecule has 0 aliphatic carbocycles. The fourth-order valence-electron chi connectivity index (χ4n) is 3.64. The second-order valence-electron chi connectivity index (χ2n) is 7.01. The van der Waals surface area contributed by atoms with Gasteiger partial charge in [-0.1, -0.05) is 48.0 Å². The van der Waals surface area contributed by atoms with Crippen molar-refractivity contribution in [1.29, 1.82) is 0 Å². The number of hydrogen-bond acceptors (Lipinski definition) is 0. The third-order valence-electron chi connectivity index (χ3n) is 5.31. The summed E-state index contributed by atoms with van der Waals surface area (Å²) in [6.07, 6.45) is 0. The molecule has 0 heteroatoms. The number of aryl methyl sites for hydroxylation is 5. The van der Waals surface area contributed by atoms with Crippen molar-refractivity contribution < 1.29 is 0 Å². The predicted octanol–water partition coefficient (Wildman–Crippen LogP) is 6.69. The summed E-state index contributed by atoms with van der Waals surface area (Å²) in [5.41, 5.74) is 6.78. The molecule has 0 heterocycles. The SMILES string of the molecule is Cc1ccc2c(c1)c1cc(C)c(C)cc1c1cc(C)c(C)cc21. The molecule has 114 valence electrons. The molecule has 0 radical (unpaired) electrons. The van der Waals surface area contributed by atoms with Crippen LogP contribution in [0.25, 0.3) is 32.3 Å². The highest BCUT2D eigenvalue weighted by Crippen LogP contribution is 2.37. The molecule has 23 heavy (non-hydrogen) atoms. The summed E-state index contributed by atoms with van der Waals surface area (Å²) in [4.78, 5) is 0. The van der Waals surface area contributed by atoms with E-state index < -0.39 is 0 Å². The minimum atomic E-state index is 1.32. The zero-order valence-electron chi connectivity index (χ0n) is 14.5. The van der Waals surface area contributed by atoms with Crippen LogP contribution in [-0.2, 0) is 0 Å². The first kappa shape index (κ1) is 14.3. The van der Waals surface area contributed by atoms with Gasteiger partial charge in [0.1, 0.15) is 0 Å². The summed E-state index contributed by atoms with van der Waals surface area (Å²) >= 11 is 0. The number of rotatable bonds is 0. The molecule has 4 rings (SSSR count). The van der Waals surface area contributed by atoms with Gasteiger partial charge in [0.25, 0.3) is 0 Å². The van der Waals surface area contributed by atoms with Gasteiger partial charge >= 0.3 is 0 Å². The zero-order valence-corrected chi connectivity index (χ0v) is 14.5. The monoisotopic (exact) mass is 298 g/mol. The highest BCUT2D eigenvalue weighted by Gasteiger charge is 2.11. The molecule has 0 saturated heterocycles. The predicted molar refractivity (Wildman–Crippen MR) is 103 cm³/mol. The Morgan fingerprint density at radius 3 is 1.17 bits per heavy atom. The summed E-state index contributed by atoms with van der Waals surface area (Å²) in [7, 11) is 0. The molecule has 0 nitrogen and oxygen atoms in total. The van der Waals surface area contributed by atoms with Gasteiger partial charge in [0.15, 0.2) is 0 Å². The molecular weight excluding hydrogens is 276 g/mol. The standard InChI is InChI=1S/C23H22/c1-13-6-7-18-19(8-13)21-10-15(3)17(5)12-23(21)22-11-16(4)14(2)9-20(18)22/h6-12H,1-5H3. The Bertz CT molecular complexity index is 1060. The minimum absolute atomic E-state index is 1.32. The Morgan fingerprint density at radius 2 is 0.739 bits per heavy atom. The molecular formula is C23H22. The van der Waals surface area contributed by atoms with E-state index in [0.717, 1.165) is 0 Å². The Kier molecular flexibility index (Phi) is 2.99. The van der Waals surface area contributed by atoms with Crippen molar-refractivity contribution in [2.24, 2.45) is 0 Å². The van der Waals surface area contributed by atoms with Gasteiger partial charge in [0.2, 0.25) is 0 Å². The quantitative estimate of drug-likeness (QED) is 0.317.